The van der Waals surface area contributed by atoms with Gasteiger partial charge in [0.25, 0.3) is 0 Å². The van der Waals surface area contributed by atoms with E-state index in [1.165, 1.54) is 4.70 Å². The largest absolute Gasteiger partial charge is 0.486 e. The number of nitrogens with one attached hydrogen (secondary N) is 1. The number of fused-ring (bicyclic) bond motifs is 2. The lowest BCUT2D eigenvalue weighted by molar-refractivity contribution is -0.121. The fourth-order valence-corrected chi connectivity index (χ4v) is 4.57. The molecule has 158 valence electrons. The number of para-hydroxylation sites is 1. The van der Waals surface area contributed by atoms with Crippen molar-refractivity contribution in [1.29, 1.82) is 0 Å². The van der Waals surface area contributed by atoms with E-state index in [2.05, 4.69) is 36.3 Å². The number of hydrogen-bond acceptors (Lipinski definition) is 5. The van der Waals surface area contributed by atoms with E-state index in [9.17, 15) is 4.79 Å². The highest BCUT2D eigenvalue weighted by Gasteiger charge is 2.24. The van der Waals surface area contributed by atoms with Crippen LogP contribution < -0.4 is 14.8 Å². The highest BCUT2D eigenvalue weighted by molar-refractivity contribution is 7.18. The van der Waals surface area contributed by atoms with Crippen LogP contribution in [0.5, 0.6) is 11.5 Å². The van der Waals surface area contributed by atoms with Gasteiger partial charge in [0.15, 0.2) is 11.5 Å². The minimum Gasteiger partial charge on any atom is -0.486 e. The average Bonchev–Trinajstić information content (AvgIpc) is 3.18. The molecule has 1 amide bonds. The Kier molecular flexibility index (Phi) is 6.23. The Labute approximate surface area is 181 Å². The number of benzene rings is 2. The van der Waals surface area contributed by atoms with E-state index < -0.39 is 0 Å². The van der Waals surface area contributed by atoms with Gasteiger partial charge in [-0.05, 0) is 49.1 Å². The van der Waals surface area contributed by atoms with Crippen molar-refractivity contribution >= 4 is 27.5 Å². The maximum atomic E-state index is 12.3. The van der Waals surface area contributed by atoms with Crippen molar-refractivity contribution < 1.29 is 14.3 Å². The predicted molar refractivity (Wildman–Crippen MR) is 121 cm³/mol. The monoisotopic (exact) mass is 424 g/mol. The van der Waals surface area contributed by atoms with Gasteiger partial charge in [0.2, 0.25) is 5.91 Å². The fourth-order valence-electron chi connectivity index (χ4n) is 3.56. The number of nitrogens with zero attached hydrogens (tertiary/aromatic N) is 1. The van der Waals surface area contributed by atoms with Gasteiger partial charge in [0.1, 0.15) is 13.2 Å². The molecule has 0 saturated heterocycles. The zero-order valence-corrected chi connectivity index (χ0v) is 18.4. The number of carbonyl (C=O) groups is 1. The van der Waals surface area contributed by atoms with Gasteiger partial charge in [0, 0.05) is 18.4 Å². The molecule has 1 aromatic heterocycles. The third kappa shape index (κ3) is 4.93. The molecule has 0 aliphatic carbocycles. The first kappa shape index (κ1) is 20.7. The molecule has 0 saturated carbocycles. The molecule has 0 spiro atoms. The SMILES string of the molecule is CC(C)(CNC(=O)CCCCc1nc2ccccc2s1)c1ccc2c(c1)OCCO2. The maximum absolute atomic E-state index is 12.3. The van der Waals surface area contributed by atoms with Gasteiger partial charge in [0.05, 0.1) is 15.2 Å². The molecule has 5 nitrogen and oxygen atoms in total. The first-order chi connectivity index (χ1) is 14.5. The number of thiazole rings is 1. The summed E-state index contributed by atoms with van der Waals surface area (Å²) in [7, 11) is 0. The number of amides is 1. The first-order valence-corrected chi connectivity index (χ1v) is 11.3. The van der Waals surface area contributed by atoms with Crippen molar-refractivity contribution in [3.8, 4) is 11.5 Å². The minimum absolute atomic E-state index is 0.102. The zero-order chi connectivity index (χ0) is 21.0. The van der Waals surface area contributed by atoms with Gasteiger partial charge in [-0.3, -0.25) is 4.79 Å². The Morgan fingerprint density at radius 1 is 1.10 bits per heavy atom. The molecule has 4 rings (SSSR count). The molecule has 2 heterocycles. The molecule has 30 heavy (non-hydrogen) atoms. The summed E-state index contributed by atoms with van der Waals surface area (Å²) in [4.78, 5) is 17.0. The molecule has 1 aliphatic rings. The summed E-state index contributed by atoms with van der Waals surface area (Å²) in [5, 5.41) is 4.25. The lowest BCUT2D eigenvalue weighted by Crippen LogP contribution is -2.36. The molecule has 0 radical (unpaired) electrons. The number of carbonyl (C=O) groups excluding carboxylic acids is 1. The van der Waals surface area contributed by atoms with Crippen LogP contribution in [-0.2, 0) is 16.6 Å². The lowest BCUT2D eigenvalue weighted by Gasteiger charge is -2.28. The third-order valence-corrected chi connectivity index (χ3v) is 6.53. The van der Waals surface area contributed by atoms with Crippen LogP contribution in [0.25, 0.3) is 10.2 Å². The smallest absolute Gasteiger partial charge is 0.220 e. The second-order valence-electron chi connectivity index (χ2n) is 8.30. The van der Waals surface area contributed by atoms with E-state index in [4.69, 9.17) is 9.47 Å². The van der Waals surface area contributed by atoms with Crippen LogP contribution in [0.2, 0.25) is 0 Å². The van der Waals surface area contributed by atoms with Crippen molar-refractivity contribution in [1.82, 2.24) is 10.3 Å². The summed E-state index contributed by atoms with van der Waals surface area (Å²) >= 11 is 1.75. The number of hydrogen-bond donors (Lipinski definition) is 1. The molecule has 6 heteroatoms. The van der Waals surface area contributed by atoms with Crippen LogP contribution in [0.4, 0.5) is 0 Å². The van der Waals surface area contributed by atoms with Gasteiger partial charge < -0.3 is 14.8 Å². The molecule has 0 fully saturated rings. The molecular formula is C24H28N2O3S. The average molecular weight is 425 g/mol. The van der Waals surface area contributed by atoms with E-state index >= 15 is 0 Å². The molecule has 1 N–H and O–H groups in total. The van der Waals surface area contributed by atoms with Gasteiger partial charge in [-0.15, -0.1) is 11.3 Å². The van der Waals surface area contributed by atoms with Crippen LogP contribution in [0.3, 0.4) is 0 Å². The van der Waals surface area contributed by atoms with Gasteiger partial charge in [-0.1, -0.05) is 32.0 Å². The summed E-state index contributed by atoms with van der Waals surface area (Å²) in [6.07, 6.45) is 3.31. The second kappa shape index (κ2) is 9.04. The van der Waals surface area contributed by atoms with Crippen LogP contribution in [0.15, 0.2) is 42.5 Å². The number of unbranched alkanes of at least 4 members (excludes halogenated alkanes) is 1. The molecular weight excluding hydrogens is 396 g/mol. The maximum Gasteiger partial charge on any atom is 0.220 e. The van der Waals surface area contributed by atoms with Crippen molar-refractivity contribution in [2.45, 2.75) is 44.9 Å². The molecule has 1 aliphatic heterocycles. The Balaban J connectivity index is 1.22. The Bertz CT molecular complexity index is 995. The molecule has 2 aromatic carbocycles. The fraction of sp³-hybridized carbons (Fsp3) is 0.417. The lowest BCUT2D eigenvalue weighted by atomic mass is 9.84. The quantitative estimate of drug-likeness (QED) is 0.524. The Morgan fingerprint density at radius 3 is 2.73 bits per heavy atom. The second-order valence-corrected chi connectivity index (χ2v) is 9.42. The highest BCUT2D eigenvalue weighted by Crippen LogP contribution is 2.35. The number of rotatable bonds is 8. The van der Waals surface area contributed by atoms with Gasteiger partial charge >= 0.3 is 0 Å². The van der Waals surface area contributed by atoms with Crippen molar-refractivity contribution in [2.75, 3.05) is 19.8 Å². The molecule has 0 atom stereocenters. The Morgan fingerprint density at radius 2 is 1.90 bits per heavy atom. The van der Waals surface area contributed by atoms with E-state index in [-0.39, 0.29) is 11.3 Å². The van der Waals surface area contributed by atoms with Crippen molar-refractivity contribution in [2.24, 2.45) is 0 Å². The molecule has 3 aromatic rings. The normalized spacial score (nSPS) is 13.4. The van der Waals surface area contributed by atoms with Crippen LogP contribution in [-0.4, -0.2) is 30.6 Å². The van der Waals surface area contributed by atoms with Gasteiger partial charge in [-0.25, -0.2) is 4.98 Å². The standard InChI is InChI=1S/C24H28N2O3S/c1-24(2,17-11-12-19-20(15-17)29-14-13-28-19)16-25-22(27)9-5-6-10-23-26-18-7-3-4-8-21(18)30-23/h3-4,7-8,11-12,15H,5-6,9-10,13-14,16H2,1-2H3,(H,25,27). The number of aryl methyl sites for hydroxylation is 1. The summed E-state index contributed by atoms with van der Waals surface area (Å²) in [6, 6.07) is 14.2. The highest BCUT2D eigenvalue weighted by atomic mass is 32.1. The molecule has 0 bridgehead atoms. The minimum atomic E-state index is -0.188. The summed E-state index contributed by atoms with van der Waals surface area (Å²) in [5.41, 5.74) is 2.01. The number of ether oxygens (including phenoxy) is 2. The van der Waals surface area contributed by atoms with E-state index in [0.29, 0.717) is 26.2 Å². The van der Waals surface area contributed by atoms with Gasteiger partial charge in [-0.2, -0.15) is 0 Å². The Hall–Kier alpha value is -2.60. The van der Waals surface area contributed by atoms with E-state index in [1.807, 2.05) is 30.3 Å². The summed E-state index contributed by atoms with van der Waals surface area (Å²) < 4.78 is 12.5. The predicted octanol–water partition coefficient (Wildman–Crippen LogP) is 4.87. The third-order valence-electron chi connectivity index (χ3n) is 5.43. The van der Waals surface area contributed by atoms with E-state index in [0.717, 1.165) is 46.8 Å². The number of aromatic nitrogens is 1. The van der Waals surface area contributed by atoms with E-state index in [1.54, 1.807) is 11.3 Å². The topological polar surface area (TPSA) is 60.5 Å². The summed E-state index contributed by atoms with van der Waals surface area (Å²) in [5.74, 6) is 1.68. The van der Waals surface area contributed by atoms with Crippen molar-refractivity contribution in [3.05, 3.63) is 53.0 Å². The van der Waals surface area contributed by atoms with Crippen LogP contribution >= 0.6 is 11.3 Å². The van der Waals surface area contributed by atoms with Crippen LogP contribution in [0.1, 0.15) is 43.7 Å². The van der Waals surface area contributed by atoms with Crippen LogP contribution in [0, 0.1) is 0 Å². The molecule has 0 unspecified atom stereocenters. The summed E-state index contributed by atoms with van der Waals surface area (Å²) in [6.45, 7) is 6.01. The van der Waals surface area contributed by atoms with Crippen molar-refractivity contribution in [3.63, 3.8) is 0 Å². The zero-order valence-electron chi connectivity index (χ0n) is 17.6. The first-order valence-electron chi connectivity index (χ1n) is 10.5.